The fourth-order valence-corrected chi connectivity index (χ4v) is 3.01. The number of benzene rings is 2. The smallest absolute Gasteiger partial charge is 0.413 e. The molecule has 0 aliphatic carbocycles. The highest BCUT2D eigenvalue weighted by Crippen LogP contribution is 2.19. The number of hydrogen-bond donors (Lipinski definition) is 1. The van der Waals surface area contributed by atoms with E-state index in [1.54, 1.807) is 0 Å². The maximum Gasteiger partial charge on any atom is 0.413 e. The Bertz CT molecular complexity index is 897. The van der Waals surface area contributed by atoms with Gasteiger partial charge in [0.25, 0.3) is 0 Å². The van der Waals surface area contributed by atoms with E-state index in [9.17, 15) is 14.4 Å². The third-order valence-electron chi connectivity index (χ3n) is 4.87. The Morgan fingerprint density at radius 2 is 1.90 bits per heavy atom. The van der Waals surface area contributed by atoms with Crippen molar-refractivity contribution in [3.63, 3.8) is 0 Å². The predicted molar refractivity (Wildman–Crippen MR) is 107 cm³/mol. The van der Waals surface area contributed by atoms with Crippen LogP contribution in [0.5, 0.6) is 0 Å². The van der Waals surface area contributed by atoms with Crippen LogP contribution in [-0.2, 0) is 25.7 Å². The van der Waals surface area contributed by atoms with Crippen molar-refractivity contribution >= 4 is 23.7 Å². The molecule has 2 aromatic rings. The van der Waals surface area contributed by atoms with Crippen molar-refractivity contribution < 1.29 is 23.9 Å². The van der Waals surface area contributed by atoms with Gasteiger partial charge in [0.05, 0.1) is 0 Å². The highest BCUT2D eigenvalue weighted by atomic mass is 16.6. The zero-order valence-electron chi connectivity index (χ0n) is 16.5. The molecule has 0 spiro atoms. The highest BCUT2D eigenvalue weighted by molar-refractivity contribution is 5.91. The summed E-state index contributed by atoms with van der Waals surface area (Å²) >= 11 is 0. The van der Waals surface area contributed by atoms with Crippen LogP contribution in [0, 0.1) is 13.8 Å². The minimum absolute atomic E-state index is 0.0785. The molecule has 0 radical (unpaired) electrons. The van der Waals surface area contributed by atoms with Crippen LogP contribution in [0.3, 0.4) is 0 Å². The molecule has 3 rings (SSSR count). The number of nitrogens with one attached hydrogen (secondary N) is 1. The van der Waals surface area contributed by atoms with Gasteiger partial charge in [-0.25, -0.2) is 9.59 Å². The van der Waals surface area contributed by atoms with Crippen LogP contribution in [0.4, 0.5) is 10.5 Å². The Labute approximate surface area is 169 Å². The first-order chi connectivity index (χ1) is 13.9. The van der Waals surface area contributed by atoms with Crippen molar-refractivity contribution in [1.29, 1.82) is 0 Å². The normalized spacial score (nSPS) is 15.7. The van der Waals surface area contributed by atoms with Gasteiger partial charge < -0.3 is 14.8 Å². The van der Waals surface area contributed by atoms with Gasteiger partial charge in [0.15, 0.2) is 6.73 Å². The van der Waals surface area contributed by atoms with Crippen LogP contribution in [-0.4, -0.2) is 35.6 Å². The number of amides is 2. The Balaban J connectivity index is 1.52. The minimum Gasteiger partial charge on any atom is -0.444 e. The first kappa shape index (κ1) is 20.4. The number of carbonyl (C=O) groups excluding carboxylic acids is 3. The summed E-state index contributed by atoms with van der Waals surface area (Å²) in [4.78, 5) is 37.8. The maximum atomic E-state index is 12.4. The third kappa shape index (κ3) is 5.34. The standard InChI is InChI=1S/C22H24N2O5/c1-15-8-9-18(12-16(15)2)23-20(25)11-10-19-21(26)29-14-24(19)22(27)28-13-17-6-4-3-5-7-17/h3-9,12,19H,10-11,13-14H2,1-2H3,(H,23,25)/t19-/m0/s1. The summed E-state index contributed by atoms with van der Waals surface area (Å²) < 4.78 is 10.3. The van der Waals surface area contributed by atoms with Crippen molar-refractivity contribution in [2.75, 3.05) is 12.0 Å². The lowest BCUT2D eigenvalue weighted by atomic mass is 10.1. The van der Waals surface area contributed by atoms with Gasteiger partial charge in [0.1, 0.15) is 12.6 Å². The molecule has 1 N–H and O–H groups in total. The summed E-state index contributed by atoms with van der Waals surface area (Å²) in [5.74, 6) is -0.758. The van der Waals surface area contributed by atoms with E-state index in [2.05, 4.69) is 5.32 Å². The molecule has 29 heavy (non-hydrogen) atoms. The van der Waals surface area contributed by atoms with Gasteiger partial charge >= 0.3 is 12.1 Å². The minimum atomic E-state index is -0.830. The second-order valence-electron chi connectivity index (χ2n) is 7.00. The summed E-state index contributed by atoms with van der Waals surface area (Å²) in [6.45, 7) is 3.90. The Hall–Kier alpha value is -3.35. The first-order valence-corrected chi connectivity index (χ1v) is 9.45. The monoisotopic (exact) mass is 396 g/mol. The number of anilines is 1. The van der Waals surface area contributed by atoms with Crippen LogP contribution in [0.25, 0.3) is 0 Å². The van der Waals surface area contributed by atoms with Crippen LogP contribution in [0.1, 0.15) is 29.5 Å². The summed E-state index contributed by atoms with van der Waals surface area (Å²) in [6.07, 6.45) is -0.398. The molecule has 7 heteroatoms. The molecule has 1 saturated heterocycles. The van der Waals surface area contributed by atoms with E-state index in [4.69, 9.17) is 9.47 Å². The van der Waals surface area contributed by atoms with E-state index in [0.29, 0.717) is 5.69 Å². The fraction of sp³-hybridized carbons (Fsp3) is 0.318. The number of esters is 1. The van der Waals surface area contributed by atoms with E-state index in [1.165, 1.54) is 4.90 Å². The second kappa shape index (κ2) is 9.23. The molecule has 0 unspecified atom stereocenters. The molecule has 152 valence electrons. The quantitative estimate of drug-likeness (QED) is 0.755. The zero-order chi connectivity index (χ0) is 20.8. The zero-order valence-corrected chi connectivity index (χ0v) is 16.5. The highest BCUT2D eigenvalue weighted by Gasteiger charge is 2.38. The SMILES string of the molecule is Cc1ccc(NC(=O)CC[C@H]2C(=O)OCN2C(=O)OCc2ccccc2)cc1C. The van der Waals surface area contributed by atoms with E-state index in [-0.39, 0.29) is 32.1 Å². The van der Waals surface area contributed by atoms with Crippen molar-refractivity contribution in [3.8, 4) is 0 Å². The van der Waals surface area contributed by atoms with E-state index >= 15 is 0 Å². The van der Waals surface area contributed by atoms with Crippen molar-refractivity contribution in [3.05, 3.63) is 65.2 Å². The van der Waals surface area contributed by atoms with E-state index in [0.717, 1.165) is 16.7 Å². The molecule has 2 aromatic carbocycles. The van der Waals surface area contributed by atoms with Gasteiger partial charge in [0, 0.05) is 12.1 Å². The van der Waals surface area contributed by atoms with Crippen molar-refractivity contribution in [2.24, 2.45) is 0 Å². The van der Waals surface area contributed by atoms with Crippen molar-refractivity contribution in [1.82, 2.24) is 4.90 Å². The summed E-state index contributed by atoms with van der Waals surface area (Å²) in [6, 6.07) is 14.1. The predicted octanol–water partition coefficient (Wildman–Crippen LogP) is 3.54. The molecule has 1 atom stereocenters. The fourth-order valence-electron chi connectivity index (χ4n) is 3.01. The lowest BCUT2D eigenvalue weighted by Gasteiger charge is -2.19. The molecule has 0 bridgehead atoms. The molecule has 0 saturated carbocycles. The molecular weight excluding hydrogens is 372 g/mol. The Morgan fingerprint density at radius 1 is 1.14 bits per heavy atom. The van der Waals surface area contributed by atoms with Crippen LogP contribution < -0.4 is 5.32 Å². The number of hydrogen-bond acceptors (Lipinski definition) is 5. The maximum absolute atomic E-state index is 12.4. The number of nitrogens with zero attached hydrogens (tertiary/aromatic N) is 1. The van der Waals surface area contributed by atoms with Gasteiger partial charge in [-0.3, -0.25) is 9.69 Å². The number of aryl methyl sites for hydroxylation is 2. The summed E-state index contributed by atoms with van der Waals surface area (Å²) in [5.41, 5.74) is 3.76. The van der Waals surface area contributed by atoms with E-state index < -0.39 is 18.1 Å². The van der Waals surface area contributed by atoms with Crippen LogP contribution in [0.2, 0.25) is 0 Å². The van der Waals surface area contributed by atoms with Gasteiger partial charge in [-0.1, -0.05) is 36.4 Å². The third-order valence-corrected chi connectivity index (χ3v) is 4.87. The average molecular weight is 396 g/mol. The molecule has 1 heterocycles. The molecule has 7 nitrogen and oxygen atoms in total. The summed E-state index contributed by atoms with van der Waals surface area (Å²) in [5, 5.41) is 2.81. The lowest BCUT2D eigenvalue weighted by molar-refractivity contribution is -0.139. The molecule has 0 aromatic heterocycles. The van der Waals surface area contributed by atoms with Gasteiger partial charge in [-0.15, -0.1) is 0 Å². The van der Waals surface area contributed by atoms with Gasteiger partial charge in [-0.05, 0) is 49.1 Å². The number of rotatable bonds is 6. The van der Waals surface area contributed by atoms with Crippen LogP contribution >= 0.6 is 0 Å². The van der Waals surface area contributed by atoms with Crippen LogP contribution in [0.15, 0.2) is 48.5 Å². The number of ether oxygens (including phenoxy) is 2. The molecule has 1 aliphatic rings. The Morgan fingerprint density at radius 3 is 2.62 bits per heavy atom. The van der Waals surface area contributed by atoms with Crippen molar-refractivity contribution in [2.45, 2.75) is 39.3 Å². The van der Waals surface area contributed by atoms with Gasteiger partial charge in [-0.2, -0.15) is 0 Å². The first-order valence-electron chi connectivity index (χ1n) is 9.45. The molecular formula is C22H24N2O5. The summed E-state index contributed by atoms with van der Waals surface area (Å²) in [7, 11) is 0. The average Bonchev–Trinajstić information content (AvgIpc) is 3.08. The number of carbonyl (C=O) groups is 3. The molecule has 1 aliphatic heterocycles. The molecule has 2 amide bonds. The largest absolute Gasteiger partial charge is 0.444 e. The topological polar surface area (TPSA) is 84.9 Å². The van der Waals surface area contributed by atoms with Gasteiger partial charge in [0.2, 0.25) is 5.91 Å². The van der Waals surface area contributed by atoms with E-state index in [1.807, 2.05) is 62.4 Å². The molecule has 1 fully saturated rings. The second-order valence-corrected chi connectivity index (χ2v) is 7.00. The number of cyclic esters (lactones) is 1. The lowest BCUT2D eigenvalue weighted by Crippen LogP contribution is -2.39. The Kier molecular flexibility index (Phi) is 6.49.